The predicted molar refractivity (Wildman–Crippen MR) is 115 cm³/mol. The van der Waals surface area contributed by atoms with Crippen LogP contribution in [0.4, 0.5) is 0 Å². The lowest BCUT2D eigenvalue weighted by Gasteiger charge is -2.38. The monoisotopic (exact) mass is 439 g/mol. The number of carbonyl (C=O) groups excluding carboxylic acids is 4. The van der Waals surface area contributed by atoms with Crippen molar-refractivity contribution in [1.29, 1.82) is 0 Å². The van der Waals surface area contributed by atoms with Gasteiger partial charge < -0.3 is 34.5 Å². The molecule has 0 aromatic rings. The SMILES string of the molecule is C=C(C)C(=O)OCCCNC=C(C)C(=O)NCCC[N+](C)(C)C(CCC=O)CC(=O)[O-]. The average Bonchev–Trinajstić information content (AvgIpc) is 2.69. The van der Waals surface area contributed by atoms with Gasteiger partial charge in [-0.05, 0) is 20.3 Å². The minimum Gasteiger partial charge on any atom is -0.550 e. The van der Waals surface area contributed by atoms with Crippen LogP contribution >= 0.6 is 0 Å². The Morgan fingerprint density at radius 3 is 2.42 bits per heavy atom. The lowest BCUT2D eigenvalue weighted by atomic mass is 10.0. The number of nitrogens with zero attached hydrogens (tertiary/aromatic N) is 1. The molecule has 0 aromatic carbocycles. The zero-order valence-electron chi connectivity index (χ0n) is 19.2. The molecule has 1 atom stereocenters. The third-order valence-electron chi connectivity index (χ3n) is 4.93. The van der Waals surface area contributed by atoms with Gasteiger partial charge >= 0.3 is 5.97 Å². The summed E-state index contributed by atoms with van der Waals surface area (Å²) >= 11 is 0. The quantitative estimate of drug-likeness (QED) is 0.108. The van der Waals surface area contributed by atoms with Crippen molar-refractivity contribution in [2.24, 2.45) is 0 Å². The maximum Gasteiger partial charge on any atom is 0.333 e. The number of esters is 1. The maximum atomic E-state index is 12.1. The molecule has 0 fully saturated rings. The molecule has 0 aromatic heterocycles. The summed E-state index contributed by atoms with van der Waals surface area (Å²) < 4.78 is 5.41. The van der Waals surface area contributed by atoms with E-state index in [1.54, 1.807) is 20.0 Å². The first-order chi connectivity index (χ1) is 14.5. The van der Waals surface area contributed by atoms with Crippen molar-refractivity contribution in [2.75, 3.05) is 40.3 Å². The van der Waals surface area contributed by atoms with Gasteiger partial charge in [0.15, 0.2) is 0 Å². The topological polar surface area (TPSA) is 125 Å². The number of aldehydes is 1. The first-order valence-electron chi connectivity index (χ1n) is 10.5. The molecule has 9 heteroatoms. The first kappa shape index (κ1) is 28.3. The van der Waals surface area contributed by atoms with Crippen LogP contribution in [0.1, 0.15) is 46.0 Å². The Labute approximate surface area is 185 Å². The summed E-state index contributed by atoms with van der Waals surface area (Å²) in [5.74, 6) is -1.74. The Morgan fingerprint density at radius 2 is 1.84 bits per heavy atom. The molecule has 176 valence electrons. The lowest BCUT2D eigenvalue weighted by Crippen LogP contribution is -2.52. The Hall–Kier alpha value is -2.68. The summed E-state index contributed by atoms with van der Waals surface area (Å²) in [6.45, 7) is 8.72. The Bertz CT molecular complexity index is 658. The molecule has 0 bridgehead atoms. The molecular formula is C22H37N3O6. The van der Waals surface area contributed by atoms with Crippen LogP contribution in [0.5, 0.6) is 0 Å². The molecule has 0 spiro atoms. The molecule has 0 rings (SSSR count). The molecule has 0 saturated carbocycles. The normalized spacial score (nSPS) is 12.6. The van der Waals surface area contributed by atoms with E-state index in [1.807, 2.05) is 14.1 Å². The van der Waals surface area contributed by atoms with Crippen molar-refractivity contribution in [2.45, 2.75) is 52.0 Å². The largest absolute Gasteiger partial charge is 0.550 e. The van der Waals surface area contributed by atoms with E-state index >= 15 is 0 Å². The molecule has 0 radical (unpaired) electrons. The fourth-order valence-electron chi connectivity index (χ4n) is 2.92. The summed E-state index contributed by atoms with van der Waals surface area (Å²) in [6, 6.07) is -0.216. The van der Waals surface area contributed by atoms with Crippen molar-refractivity contribution in [3.8, 4) is 0 Å². The van der Waals surface area contributed by atoms with Gasteiger partial charge in [0, 0.05) is 62.1 Å². The summed E-state index contributed by atoms with van der Waals surface area (Å²) in [6.07, 6.45) is 4.37. The molecule has 1 amide bonds. The van der Waals surface area contributed by atoms with E-state index in [9.17, 15) is 24.3 Å². The molecule has 0 saturated heterocycles. The standard InChI is InChI=1S/C22H37N3O6/c1-17(2)22(30)31-14-8-10-23-16-18(3)21(29)24-11-7-12-25(4,5)19(9-6-13-26)15-20(27)28/h13,16,19H,1,6-12,14-15H2,2-5H3,(H2-,23,24,27,28,29). The van der Waals surface area contributed by atoms with E-state index in [1.165, 1.54) is 0 Å². The van der Waals surface area contributed by atoms with Crippen LogP contribution in [0.2, 0.25) is 0 Å². The van der Waals surface area contributed by atoms with Crippen molar-refractivity contribution >= 4 is 24.1 Å². The Morgan fingerprint density at radius 1 is 1.16 bits per heavy atom. The van der Waals surface area contributed by atoms with Gasteiger partial charge in [-0.1, -0.05) is 6.58 Å². The molecule has 9 nitrogen and oxygen atoms in total. The smallest absolute Gasteiger partial charge is 0.333 e. The number of nitrogens with one attached hydrogen (secondary N) is 2. The van der Waals surface area contributed by atoms with Crippen molar-refractivity contribution in [3.63, 3.8) is 0 Å². The molecule has 2 N–H and O–H groups in total. The van der Waals surface area contributed by atoms with Crippen LogP contribution in [0.3, 0.4) is 0 Å². The predicted octanol–water partition coefficient (Wildman–Crippen LogP) is 0.0596. The second kappa shape index (κ2) is 15.2. The van der Waals surface area contributed by atoms with Gasteiger partial charge in [0.2, 0.25) is 5.91 Å². The lowest BCUT2D eigenvalue weighted by molar-refractivity contribution is -0.915. The van der Waals surface area contributed by atoms with Gasteiger partial charge in [0.25, 0.3) is 0 Å². The number of ether oxygens (including phenoxy) is 1. The molecular weight excluding hydrogens is 402 g/mol. The van der Waals surface area contributed by atoms with E-state index in [4.69, 9.17) is 4.74 Å². The number of carboxylic acids is 1. The summed E-state index contributed by atoms with van der Waals surface area (Å²) in [5, 5.41) is 16.9. The third kappa shape index (κ3) is 13.3. The maximum absolute atomic E-state index is 12.1. The fraction of sp³-hybridized carbons (Fsp3) is 0.636. The van der Waals surface area contributed by atoms with Crippen LogP contribution in [-0.2, 0) is 23.9 Å². The van der Waals surface area contributed by atoms with Crippen LogP contribution in [0.15, 0.2) is 23.9 Å². The minimum atomic E-state index is -1.13. The van der Waals surface area contributed by atoms with Gasteiger partial charge in [-0.2, -0.15) is 0 Å². The zero-order chi connectivity index (χ0) is 23.9. The van der Waals surface area contributed by atoms with Crippen LogP contribution in [0, 0.1) is 0 Å². The highest BCUT2D eigenvalue weighted by Crippen LogP contribution is 2.16. The number of quaternary nitrogens is 1. The number of rotatable bonds is 17. The number of carboxylic acid groups (broad SMARTS) is 1. The number of carbonyl (C=O) groups is 4. The number of hydrogen-bond acceptors (Lipinski definition) is 7. The molecule has 0 aliphatic rings. The third-order valence-corrected chi connectivity index (χ3v) is 4.93. The zero-order valence-corrected chi connectivity index (χ0v) is 19.2. The minimum absolute atomic E-state index is 0.104. The van der Waals surface area contributed by atoms with E-state index in [2.05, 4.69) is 17.2 Å². The van der Waals surface area contributed by atoms with E-state index in [0.29, 0.717) is 60.9 Å². The molecule has 0 aliphatic heterocycles. The molecule has 0 heterocycles. The number of amides is 1. The Kier molecular flexibility index (Phi) is 13.9. The number of hydrogen-bond donors (Lipinski definition) is 2. The average molecular weight is 440 g/mol. The highest BCUT2D eigenvalue weighted by molar-refractivity contribution is 5.92. The van der Waals surface area contributed by atoms with Crippen molar-refractivity contribution < 1.29 is 33.5 Å². The first-order valence-corrected chi connectivity index (χ1v) is 10.5. The van der Waals surface area contributed by atoms with Crippen molar-refractivity contribution in [1.82, 2.24) is 10.6 Å². The van der Waals surface area contributed by atoms with Gasteiger partial charge in [0.05, 0.1) is 33.3 Å². The Balaban J connectivity index is 4.24. The summed E-state index contributed by atoms with van der Waals surface area (Å²) in [4.78, 5) is 45.0. The van der Waals surface area contributed by atoms with E-state index < -0.39 is 11.9 Å². The van der Waals surface area contributed by atoms with Crippen molar-refractivity contribution in [3.05, 3.63) is 23.9 Å². The highest BCUT2D eigenvalue weighted by Gasteiger charge is 2.27. The second-order valence-electron chi connectivity index (χ2n) is 8.14. The second-order valence-corrected chi connectivity index (χ2v) is 8.14. The molecule has 1 unspecified atom stereocenters. The summed E-state index contributed by atoms with van der Waals surface area (Å²) in [5.41, 5.74) is 0.881. The number of aliphatic carboxylic acids is 1. The van der Waals surface area contributed by atoms with Gasteiger partial charge in [-0.15, -0.1) is 0 Å². The van der Waals surface area contributed by atoms with Gasteiger partial charge in [0.1, 0.15) is 6.29 Å². The van der Waals surface area contributed by atoms with E-state index in [-0.39, 0.29) is 25.0 Å². The summed E-state index contributed by atoms with van der Waals surface area (Å²) in [7, 11) is 3.84. The van der Waals surface area contributed by atoms with Crippen LogP contribution < -0.4 is 15.7 Å². The molecule has 0 aliphatic carbocycles. The van der Waals surface area contributed by atoms with Crippen LogP contribution in [0.25, 0.3) is 0 Å². The van der Waals surface area contributed by atoms with Gasteiger partial charge in [-0.25, -0.2) is 4.79 Å². The molecule has 31 heavy (non-hydrogen) atoms. The fourth-order valence-corrected chi connectivity index (χ4v) is 2.92. The van der Waals surface area contributed by atoms with Crippen LogP contribution in [-0.4, -0.2) is 75.0 Å². The highest BCUT2D eigenvalue weighted by atomic mass is 16.5. The van der Waals surface area contributed by atoms with Gasteiger partial charge in [-0.3, -0.25) is 4.79 Å². The van der Waals surface area contributed by atoms with E-state index in [0.717, 1.165) is 6.29 Å².